The number of halogens is 1. The second kappa shape index (κ2) is 7.24. The van der Waals surface area contributed by atoms with Gasteiger partial charge in [0.2, 0.25) is 0 Å². The molecule has 1 fully saturated rings. The van der Waals surface area contributed by atoms with E-state index < -0.39 is 0 Å². The molecular weight excluding hydrogens is 327 g/mol. The van der Waals surface area contributed by atoms with Crippen LogP contribution in [0.2, 0.25) is 0 Å². The summed E-state index contributed by atoms with van der Waals surface area (Å²) in [5, 5.41) is 4.58. The van der Waals surface area contributed by atoms with Gasteiger partial charge in [0.25, 0.3) is 0 Å². The number of carbonyl (C=O) groups excluding carboxylic acids is 1. The Bertz CT molecular complexity index is 923. The summed E-state index contributed by atoms with van der Waals surface area (Å²) < 4.78 is 13.4. The van der Waals surface area contributed by atoms with Crippen LogP contribution < -0.4 is 5.32 Å². The topological polar surface area (TPSA) is 42.0 Å². The molecule has 0 bridgehead atoms. The highest BCUT2D eigenvalue weighted by Gasteiger charge is 2.31. The van der Waals surface area contributed by atoms with Crippen LogP contribution in [-0.2, 0) is 4.79 Å². The van der Waals surface area contributed by atoms with Gasteiger partial charge in [-0.2, -0.15) is 0 Å². The van der Waals surface area contributed by atoms with E-state index in [1.165, 1.54) is 12.1 Å². The average Bonchev–Trinajstić information content (AvgIpc) is 2.67. The Balaban J connectivity index is 1.69. The molecule has 3 aromatic rings. The SMILES string of the molecule is O=C1CCCCC1C(Nc1ccc2ncccc2c1)c1ccc(F)cc1. The molecule has 0 saturated heterocycles. The van der Waals surface area contributed by atoms with Gasteiger partial charge in [0, 0.05) is 29.6 Å². The fourth-order valence-corrected chi connectivity index (χ4v) is 3.79. The van der Waals surface area contributed by atoms with E-state index in [1.54, 1.807) is 18.3 Å². The quantitative estimate of drug-likeness (QED) is 0.697. The monoisotopic (exact) mass is 348 g/mol. The van der Waals surface area contributed by atoms with Gasteiger partial charge in [0.1, 0.15) is 11.6 Å². The number of fused-ring (bicyclic) bond motifs is 1. The van der Waals surface area contributed by atoms with Gasteiger partial charge in [-0.25, -0.2) is 4.39 Å². The van der Waals surface area contributed by atoms with E-state index in [1.807, 2.05) is 30.3 Å². The maximum absolute atomic E-state index is 13.4. The molecule has 1 saturated carbocycles. The van der Waals surface area contributed by atoms with Crippen LogP contribution in [0.15, 0.2) is 60.8 Å². The van der Waals surface area contributed by atoms with Crippen molar-refractivity contribution >= 4 is 22.4 Å². The fraction of sp³-hybridized carbons (Fsp3) is 0.273. The lowest BCUT2D eigenvalue weighted by Crippen LogP contribution is -2.30. The van der Waals surface area contributed by atoms with Gasteiger partial charge in [-0.05, 0) is 54.8 Å². The minimum absolute atomic E-state index is 0.0844. The predicted octanol–water partition coefficient (Wildman–Crippen LogP) is 5.29. The lowest BCUT2D eigenvalue weighted by molar-refractivity contribution is -0.125. The van der Waals surface area contributed by atoms with Crippen molar-refractivity contribution in [3.05, 3.63) is 72.2 Å². The van der Waals surface area contributed by atoms with E-state index >= 15 is 0 Å². The van der Waals surface area contributed by atoms with E-state index in [0.717, 1.165) is 41.4 Å². The normalized spacial score (nSPS) is 18.7. The van der Waals surface area contributed by atoms with E-state index in [4.69, 9.17) is 0 Å². The molecule has 1 aliphatic rings. The molecule has 2 atom stereocenters. The zero-order valence-electron chi connectivity index (χ0n) is 14.5. The molecule has 0 radical (unpaired) electrons. The Labute approximate surface area is 152 Å². The molecule has 0 spiro atoms. The number of nitrogens with one attached hydrogen (secondary N) is 1. The van der Waals surface area contributed by atoms with Crippen LogP contribution >= 0.6 is 0 Å². The first-order valence-corrected chi connectivity index (χ1v) is 9.10. The van der Waals surface area contributed by atoms with Crippen LogP contribution in [0.5, 0.6) is 0 Å². The zero-order chi connectivity index (χ0) is 17.9. The van der Waals surface area contributed by atoms with Gasteiger partial charge >= 0.3 is 0 Å². The molecule has 26 heavy (non-hydrogen) atoms. The molecule has 132 valence electrons. The molecule has 4 heteroatoms. The molecule has 0 aliphatic heterocycles. The Morgan fingerprint density at radius 3 is 2.73 bits per heavy atom. The molecule has 2 aromatic carbocycles. The number of carbonyl (C=O) groups is 1. The summed E-state index contributed by atoms with van der Waals surface area (Å²) in [5.74, 6) is -0.0569. The summed E-state index contributed by atoms with van der Waals surface area (Å²) >= 11 is 0. The van der Waals surface area contributed by atoms with Crippen LogP contribution in [0.1, 0.15) is 37.3 Å². The summed E-state index contributed by atoms with van der Waals surface area (Å²) in [5.41, 5.74) is 2.82. The molecule has 1 heterocycles. The standard InChI is InChI=1S/C22H21FN2O/c23-17-9-7-15(8-10-17)22(19-5-1-2-6-21(19)26)25-18-11-12-20-16(14-18)4-3-13-24-20/h3-4,7-14,19,22,25H,1-2,5-6H2. The molecular formula is C22H21FN2O. The number of anilines is 1. The summed E-state index contributed by atoms with van der Waals surface area (Å²) in [7, 11) is 0. The van der Waals surface area contributed by atoms with Crippen LogP contribution in [-0.4, -0.2) is 10.8 Å². The number of pyridine rings is 1. The van der Waals surface area contributed by atoms with Crippen LogP contribution in [0.25, 0.3) is 10.9 Å². The van der Waals surface area contributed by atoms with Crippen molar-refractivity contribution in [2.45, 2.75) is 31.7 Å². The van der Waals surface area contributed by atoms with Crippen molar-refractivity contribution in [1.82, 2.24) is 4.98 Å². The van der Waals surface area contributed by atoms with Crippen LogP contribution in [0.3, 0.4) is 0 Å². The minimum atomic E-state index is -0.265. The van der Waals surface area contributed by atoms with E-state index in [0.29, 0.717) is 12.2 Å². The third kappa shape index (κ3) is 3.45. The summed E-state index contributed by atoms with van der Waals surface area (Å²) in [6.07, 6.45) is 5.29. The number of Topliss-reactive ketones (excluding diaryl/α,β-unsaturated/α-hetero) is 1. The predicted molar refractivity (Wildman–Crippen MR) is 101 cm³/mol. The number of benzene rings is 2. The number of hydrogen-bond donors (Lipinski definition) is 1. The Morgan fingerprint density at radius 2 is 1.92 bits per heavy atom. The van der Waals surface area contributed by atoms with Crippen molar-refractivity contribution in [2.75, 3.05) is 5.32 Å². The zero-order valence-corrected chi connectivity index (χ0v) is 14.5. The fourth-order valence-electron chi connectivity index (χ4n) is 3.79. The van der Waals surface area contributed by atoms with E-state index in [-0.39, 0.29) is 17.8 Å². The molecule has 4 rings (SSSR count). The Kier molecular flexibility index (Phi) is 4.65. The smallest absolute Gasteiger partial charge is 0.138 e. The van der Waals surface area contributed by atoms with Gasteiger partial charge in [-0.1, -0.05) is 24.6 Å². The highest BCUT2D eigenvalue weighted by molar-refractivity contribution is 5.84. The third-order valence-electron chi connectivity index (χ3n) is 5.16. The van der Waals surface area contributed by atoms with Crippen LogP contribution in [0.4, 0.5) is 10.1 Å². The summed E-state index contributed by atoms with van der Waals surface area (Å²) in [6, 6.07) is 16.3. The average molecular weight is 348 g/mol. The van der Waals surface area contributed by atoms with Crippen molar-refractivity contribution in [3.63, 3.8) is 0 Å². The summed E-state index contributed by atoms with van der Waals surface area (Å²) in [6.45, 7) is 0. The second-order valence-electron chi connectivity index (χ2n) is 6.90. The van der Waals surface area contributed by atoms with Gasteiger partial charge < -0.3 is 5.32 Å². The van der Waals surface area contributed by atoms with Crippen LogP contribution in [0, 0.1) is 11.7 Å². The highest BCUT2D eigenvalue weighted by atomic mass is 19.1. The molecule has 1 aromatic heterocycles. The van der Waals surface area contributed by atoms with Crippen molar-refractivity contribution in [1.29, 1.82) is 0 Å². The number of aromatic nitrogens is 1. The van der Waals surface area contributed by atoms with Gasteiger partial charge in [0.15, 0.2) is 0 Å². The lowest BCUT2D eigenvalue weighted by atomic mass is 9.80. The lowest BCUT2D eigenvalue weighted by Gasteiger charge is -2.31. The third-order valence-corrected chi connectivity index (χ3v) is 5.16. The molecule has 1 aliphatic carbocycles. The highest BCUT2D eigenvalue weighted by Crippen LogP contribution is 2.35. The summed E-state index contributed by atoms with van der Waals surface area (Å²) in [4.78, 5) is 16.9. The van der Waals surface area contributed by atoms with Gasteiger partial charge in [-0.3, -0.25) is 9.78 Å². The molecule has 3 nitrogen and oxygen atoms in total. The Morgan fingerprint density at radius 1 is 1.08 bits per heavy atom. The molecule has 1 N–H and O–H groups in total. The molecule has 0 amide bonds. The first-order valence-electron chi connectivity index (χ1n) is 9.10. The first kappa shape index (κ1) is 16.7. The first-order chi connectivity index (χ1) is 12.7. The number of ketones is 1. The van der Waals surface area contributed by atoms with Crippen molar-refractivity contribution in [3.8, 4) is 0 Å². The van der Waals surface area contributed by atoms with Crippen molar-refractivity contribution < 1.29 is 9.18 Å². The maximum atomic E-state index is 13.4. The maximum Gasteiger partial charge on any atom is 0.138 e. The number of rotatable bonds is 4. The van der Waals surface area contributed by atoms with Gasteiger partial charge in [-0.15, -0.1) is 0 Å². The molecule has 2 unspecified atom stereocenters. The number of nitrogens with zero attached hydrogens (tertiary/aromatic N) is 1. The van der Waals surface area contributed by atoms with E-state index in [2.05, 4.69) is 10.3 Å². The number of hydrogen-bond acceptors (Lipinski definition) is 3. The second-order valence-corrected chi connectivity index (χ2v) is 6.90. The Hall–Kier alpha value is -2.75. The van der Waals surface area contributed by atoms with Gasteiger partial charge in [0.05, 0.1) is 11.6 Å². The largest absolute Gasteiger partial charge is 0.377 e. The van der Waals surface area contributed by atoms with Crippen molar-refractivity contribution in [2.24, 2.45) is 5.92 Å². The minimum Gasteiger partial charge on any atom is -0.377 e. The van der Waals surface area contributed by atoms with E-state index in [9.17, 15) is 9.18 Å².